The molecule has 2 aromatic heterocycles. The van der Waals surface area contributed by atoms with Crippen LogP contribution < -0.4 is 19.5 Å². The van der Waals surface area contributed by atoms with Crippen LogP contribution in [-0.4, -0.2) is 68.0 Å². The van der Waals surface area contributed by atoms with Crippen LogP contribution in [0.25, 0.3) is 21.3 Å². The van der Waals surface area contributed by atoms with E-state index in [0.29, 0.717) is 51.8 Å². The molecule has 0 spiro atoms. The van der Waals surface area contributed by atoms with E-state index in [1.165, 1.54) is 49.8 Å². The molecule has 1 aliphatic rings. The number of methoxy groups -OCH3 is 3. The summed E-state index contributed by atoms with van der Waals surface area (Å²) in [5.74, 6) is -0.302. The van der Waals surface area contributed by atoms with E-state index >= 15 is 0 Å². The lowest BCUT2D eigenvalue weighted by molar-refractivity contribution is 0.0801. The Labute approximate surface area is 233 Å². The summed E-state index contributed by atoms with van der Waals surface area (Å²) in [7, 11) is 4.49. The average molecular weight is 567 g/mol. The van der Waals surface area contributed by atoms with Gasteiger partial charge in [0, 0.05) is 35.4 Å². The maximum Gasteiger partial charge on any atom is 0.252 e. The summed E-state index contributed by atoms with van der Waals surface area (Å²) in [6, 6.07) is 12.5. The third-order valence-corrected chi connectivity index (χ3v) is 7.76. The first-order valence-electron chi connectivity index (χ1n) is 12.4. The summed E-state index contributed by atoms with van der Waals surface area (Å²) in [5.41, 5.74) is -0.323. The first-order chi connectivity index (χ1) is 19.3. The molecule has 4 aromatic rings. The Kier molecular flexibility index (Phi) is 7.70. The topological polar surface area (TPSA) is 116 Å². The van der Waals surface area contributed by atoms with Gasteiger partial charge in [-0.3, -0.25) is 9.59 Å². The summed E-state index contributed by atoms with van der Waals surface area (Å²) in [6.07, 6.45) is -1.06. The Hall–Kier alpha value is -4.06. The highest BCUT2D eigenvalue weighted by molar-refractivity contribution is 7.17. The Balaban J connectivity index is 1.42. The quantitative estimate of drug-likeness (QED) is 0.204. The summed E-state index contributed by atoms with van der Waals surface area (Å²) in [6.45, 7) is 0.684. The minimum absolute atomic E-state index is 0.0303. The van der Waals surface area contributed by atoms with Crippen LogP contribution in [0.15, 0.2) is 53.9 Å². The van der Waals surface area contributed by atoms with Gasteiger partial charge in [-0.25, -0.2) is 9.37 Å². The van der Waals surface area contributed by atoms with E-state index in [4.69, 9.17) is 18.9 Å². The molecule has 2 aromatic carbocycles. The number of amides is 1. The maximum absolute atomic E-state index is 14.3. The Morgan fingerprint density at radius 2 is 1.82 bits per heavy atom. The van der Waals surface area contributed by atoms with Gasteiger partial charge in [-0.05, 0) is 36.4 Å². The molecule has 2 atom stereocenters. The van der Waals surface area contributed by atoms with E-state index in [1.807, 2.05) is 0 Å². The fourth-order valence-corrected chi connectivity index (χ4v) is 5.44. The third kappa shape index (κ3) is 4.99. The average Bonchev–Trinajstić information content (AvgIpc) is 3.41. The Morgan fingerprint density at radius 3 is 2.52 bits per heavy atom. The number of aliphatic hydroxyl groups is 1. The lowest BCUT2D eigenvalue weighted by Crippen LogP contribution is -2.46. The van der Waals surface area contributed by atoms with Crippen LogP contribution in [-0.2, 0) is 4.74 Å². The number of nitrogens with zero attached hydrogens (tertiary/aromatic N) is 1. The number of ether oxygens (including phenoxy) is 4. The van der Waals surface area contributed by atoms with E-state index in [2.05, 4.69) is 10.3 Å². The van der Waals surface area contributed by atoms with Crippen molar-refractivity contribution >= 4 is 33.1 Å². The summed E-state index contributed by atoms with van der Waals surface area (Å²) < 4.78 is 36.2. The van der Waals surface area contributed by atoms with Crippen LogP contribution in [0.3, 0.4) is 0 Å². The number of halogens is 1. The number of thiophene rings is 1. The highest BCUT2D eigenvalue weighted by atomic mass is 32.1. The molecule has 0 aliphatic heterocycles. The molecule has 1 amide bonds. The molecule has 208 valence electrons. The molecule has 0 radical (unpaired) electrons. The molecule has 1 saturated carbocycles. The molecule has 5 rings (SSSR count). The lowest BCUT2D eigenvalue weighted by atomic mass is 10.0. The minimum atomic E-state index is -1.54. The SMILES string of the molecule is COCCOc1ccc(C(=O)NC2(C(=O)c3ccc(OC)c(-c4csc5c(F)cccc45)n3)C[C@@H]2O)cc1OC. The second-order valence-electron chi connectivity index (χ2n) is 9.19. The van der Waals surface area contributed by atoms with Gasteiger partial charge in [0.15, 0.2) is 11.5 Å². The molecule has 9 nitrogen and oxygen atoms in total. The second kappa shape index (κ2) is 11.2. The van der Waals surface area contributed by atoms with Gasteiger partial charge in [0.05, 0.1) is 31.6 Å². The maximum atomic E-state index is 14.3. The van der Waals surface area contributed by atoms with Gasteiger partial charge < -0.3 is 29.4 Å². The summed E-state index contributed by atoms with van der Waals surface area (Å²) in [4.78, 5) is 31.4. The van der Waals surface area contributed by atoms with E-state index in [0.717, 1.165) is 0 Å². The number of Topliss-reactive ketones (excluding diaryl/α,β-unsaturated/α-hetero) is 1. The van der Waals surface area contributed by atoms with Gasteiger partial charge in [0.2, 0.25) is 5.78 Å². The monoisotopic (exact) mass is 566 g/mol. The fourth-order valence-electron chi connectivity index (χ4n) is 4.48. The number of carbonyl (C=O) groups excluding carboxylic acids is 2. The number of benzene rings is 2. The van der Waals surface area contributed by atoms with Crippen LogP contribution >= 0.6 is 11.3 Å². The first kappa shape index (κ1) is 27.5. The van der Waals surface area contributed by atoms with Crippen LogP contribution in [0.2, 0.25) is 0 Å². The van der Waals surface area contributed by atoms with Crippen molar-refractivity contribution in [2.75, 3.05) is 34.5 Å². The molecule has 1 aliphatic carbocycles. The van der Waals surface area contributed by atoms with Crippen molar-refractivity contribution in [1.29, 1.82) is 0 Å². The molecular formula is C29H27FN2O7S. The number of fused-ring (bicyclic) bond motifs is 1. The standard InChI is InChI=1S/C29H27FN2O7S/c1-36-11-12-39-21-9-7-16(13-23(21)38-3)28(35)32-29(14-24(29)33)27(34)20-8-10-22(37-2)25(31-20)18-15-40-26-17(18)5-4-6-19(26)30/h4-10,13,15,24,33H,11-12,14H2,1-3H3,(H,32,35)/t24-,29?/m0/s1. The zero-order valence-electron chi connectivity index (χ0n) is 22.0. The van der Waals surface area contributed by atoms with E-state index in [-0.39, 0.29) is 23.5 Å². The number of aliphatic hydroxyl groups excluding tert-OH is 1. The molecule has 1 unspecified atom stereocenters. The minimum Gasteiger partial charge on any atom is -0.494 e. The number of ketones is 1. The van der Waals surface area contributed by atoms with Crippen molar-refractivity contribution < 1.29 is 38.0 Å². The molecule has 0 bridgehead atoms. The van der Waals surface area contributed by atoms with Crippen LogP contribution in [0.1, 0.15) is 27.3 Å². The lowest BCUT2D eigenvalue weighted by Gasteiger charge is -2.18. The third-order valence-electron chi connectivity index (χ3n) is 6.75. The van der Waals surface area contributed by atoms with Crippen LogP contribution in [0, 0.1) is 5.82 Å². The van der Waals surface area contributed by atoms with Crippen molar-refractivity contribution in [1.82, 2.24) is 10.3 Å². The van der Waals surface area contributed by atoms with Crippen molar-refractivity contribution in [2.45, 2.75) is 18.1 Å². The number of hydrogen-bond donors (Lipinski definition) is 2. The zero-order valence-corrected chi connectivity index (χ0v) is 22.8. The highest BCUT2D eigenvalue weighted by Gasteiger charge is 2.61. The van der Waals surface area contributed by atoms with Crippen LogP contribution in [0.4, 0.5) is 4.39 Å². The molecule has 0 saturated heterocycles. The second-order valence-corrected chi connectivity index (χ2v) is 10.1. The predicted molar refractivity (Wildman–Crippen MR) is 147 cm³/mol. The molecule has 40 heavy (non-hydrogen) atoms. The van der Waals surface area contributed by atoms with Gasteiger partial charge in [-0.15, -0.1) is 11.3 Å². The highest BCUT2D eigenvalue weighted by Crippen LogP contribution is 2.42. The normalized spacial score (nSPS) is 17.9. The van der Waals surface area contributed by atoms with Crippen molar-refractivity contribution in [3.8, 4) is 28.5 Å². The van der Waals surface area contributed by atoms with Crippen molar-refractivity contribution in [3.63, 3.8) is 0 Å². The largest absolute Gasteiger partial charge is 0.494 e. The smallest absolute Gasteiger partial charge is 0.252 e. The van der Waals surface area contributed by atoms with Crippen molar-refractivity contribution in [3.05, 3.63) is 71.0 Å². The number of hydrogen-bond acceptors (Lipinski definition) is 9. The van der Waals surface area contributed by atoms with E-state index in [1.54, 1.807) is 36.8 Å². The molecular weight excluding hydrogens is 539 g/mol. The number of pyridine rings is 1. The van der Waals surface area contributed by atoms with Crippen LogP contribution in [0.5, 0.6) is 17.2 Å². The summed E-state index contributed by atoms with van der Waals surface area (Å²) >= 11 is 1.22. The van der Waals surface area contributed by atoms with E-state index in [9.17, 15) is 19.1 Å². The van der Waals surface area contributed by atoms with Gasteiger partial charge >= 0.3 is 0 Å². The number of carbonyl (C=O) groups is 2. The number of aromatic nitrogens is 1. The fraction of sp³-hybridized carbons (Fsp3) is 0.276. The first-order valence-corrected chi connectivity index (χ1v) is 13.3. The molecule has 2 N–H and O–H groups in total. The van der Waals surface area contributed by atoms with Gasteiger partial charge in [0.25, 0.3) is 5.91 Å². The van der Waals surface area contributed by atoms with E-state index < -0.39 is 23.3 Å². The predicted octanol–water partition coefficient (Wildman–Crippen LogP) is 4.26. The Morgan fingerprint density at radius 1 is 1.07 bits per heavy atom. The molecule has 2 heterocycles. The molecule has 11 heteroatoms. The van der Waals surface area contributed by atoms with Crippen molar-refractivity contribution in [2.24, 2.45) is 0 Å². The molecule has 1 fully saturated rings. The zero-order chi connectivity index (χ0) is 28.4. The van der Waals surface area contributed by atoms with Gasteiger partial charge in [-0.2, -0.15) is 0 Å². The number of nitrogens with one attached hydrogen (secondary N) is 1. The summed E-state index contributed by atoms with van der Waals surface area (Å²) in [5, 5.41) is 15.6. The number of rotatable bonds is 11. The van der Waals surface area contributed by atoms with Gasteiger partial charge in [-0.1, -0.05) is 12.1 Å². The Bertz CT molecular complexity index is 1590. The van der Waals surface area contributed by atoms with Gasteiger partial charge in [0.1, 0.15) is 35.1 Å².